The second-order valence-electron chi connectivity index (χ2n) is 6.96. The van der Waals surface area contributed by atoms with Crippen LogP contribution in [0.2, 0.25) is 0 Å². The molecule has 2 atom stereocenters. The molecule has 0 unspecified atom stereocenters. The van der Waals surface area contributed by atoms with Crippen LogP contribution in [0.15, 0.2) is 54.7 Å². The van der Waals surface area contributed by atoms with Gasteiger partial charge in [-0.25, -0.2) is 0 Å². The molecule has 0 amide bonds. The molecule has 1 fully saturated rings. The van der Waals surface area contributed by atoms with Gasteiger partial charge in [-0.05, 0) is 81.0 Å². The Labute approximate surface area is 170 Å². The van der Waals surface area contributed by atoms with Gasteiger partial charge >= 0.3 is 0 Å². The summed E-state index contributed by atoms with van der Waals surface area (Å²) in [5.41, 5.74) is 5.50. The van der Waals surface area contributed by atoms with Gasteiger partial charge in [-0.1, -0.05) is 6.07 Å². The molecule has 6 heteroatoms. The Morgan fingerprint density at radius 3 is 2.54 bits per heavy atom. The molecule has 2 aromatic heterocycles. The number of aromatic nitrogens is 2. The van der Waals surface area contributed by atoms with Gasteiger partial charge in [0.25, 0.3) is 0 Å². The molecule has 0 radical (unpaired) electrons. The third-order valence-electron chi connectivity index (χ3n) is 5.03. The first kappa shape index (κ1) is 18.5. The molecule has 4 rings (SSSR count). The van der Waals surface area contributed by atoms with E-state index in [1.165, 1.54) is 5.56 Å². The molecule has 3 heterocycles. The summed E-state index contributed by atoms with van der Waals surface area (Å²) in [4.78, 5) is 10.2. The Balaban J connectivity index is 1.79. The van der Waals surface area contributed by atoms with Crippen LogP contribution in [-0.4, -0.2) is 21.7 Å². The molecule has 1 aliphatic rings. The van der Waals surface area contributed by atoms with Crippen LogP contribution in [0, 0.1) is 13.8 Å². The number of hydrogen-bond donors (Lipinski definition) is 2. The summed E-state index contributed by atoms with van der Waals surface area (Å²) in [6.45, 7) is 6.82. The summed E-state index contributed by atoms with van der Waals surface area (Å²) in [6.07, 6.45) is 1.83. The fraction of sp³-hybridized carbons (Fsp3) is 0.273. The number of pyridine rings is 1. The fourth-order valence-electron chi connectivity index (χ4n) is 3.87. The summed E-state index contributed by atoms with van der Waals surface area (Å²) in [5, 5.41) is 4.19. The van der Waals surface area contributed by atoms with Crippen LogP contribution in [0.25, 0.3) is 0 Å². The molecule has 0 spiro atoms. The Hall–Kier alpha value is -2.86. The molecule has 0 bridgehead atoms. The molecule has 1 saturated heterocycles. The van der Waals surface area contributed by atoms with Gasteiger partial charge in [0.05, 0.1) is 24.4 Å². The van der Waals surface area contributed by atoms with Crippen LogP contribution in [0.1, 0.15) is 41.7 Å². The number of thiocarbonyl (C=S) groups is 1. The van der Waals surface area contributed by atoms with Crippen molar-refractivity contribution in [1.82, 2.24) is 15.3 Å². The first-order chi connectivity index (χ1) is 13.6. The average Bonchev–Trinajstić information content (AvgIpc) is 3.21. The first-order valence-electron chi connectivity index (χ1n) is 9.48. The maximum Gasteiger partial charge on any atom is 0.174 e. The number of anilines is 1. The van der Waals surface area contributed by atoms with E-state index in [0.717, 1.165) is 28.5 Å². The highest BCUT2D eigenvalue weighted by Gasteiger charge is 2.41. The predicted molar refractivity (Wildman–Crippen MR) is 116 cm³/mol. The van der Waals surface area contributed by atoms with E-state index in [0.29, 0.717) is 11.7 Å². The van der Waals surface area contributed by atoms with Crippen molar-refractivity contribution < 1.29 is 4.74 Å². The highest BCUT2D eigenvalue weighted by molar-refractivity contribution is 7.80. The first-order valence-corrected chi connectivity index (χ1v) is 9.89. The van der Waals surface area contributed by atoms with Gasteiger partial charge in [0.1, 0.15) is 5.75 Å². The number of benzene rings is 1. The lowest BCUT2D eigenvalue weighted by Crippen LogP contribution is -2.29. The molecule has 0 saturated carbocycles. The highest BCUT2D eigenvalue weighted by Crippen LogP contribution is 2.42. The van der Waals surface area contributed by atoms with Crippen LogP contribution in [0.3, 0.4) is 0 Å². The molecular formula is C22H24N4OS. The third kappa shape index (κ3) is 3.36. The van der Waals surface area contributed by atoms with Crippen LogP contribution >= 0.6 is 12.2 Å². The Kier molecular flexibility index (Phi) is 5.05. The number of H-pyrrole nitrogens is 1. The Bertz CT molecular complexity index is 968. The summed E-state index contributed by atoms with van der Waals surface area (Å²) >= 11 is 5.76. The monoisotopic (exact) mass is 392 g/mol. The summed E-state index contributed by atoms with van der Waals surface area (Å²) < 4.78 is 5.59. The molecule has 1 aliphatic heterocycles. The zero-order valence-electron chi connectivity index (χ0n) is 16.3. The fourth-order valence-corrected chi connectivity index (χ4v) is 4.22. The van der Waals surface area contributed by atoms with Crippen LogP contribution < -0.4 is 15.0 Å². The van der Waals surface area contributed by atoms with E-state index in [1.54, 1.807) is 0 Å². The quantitative estimate of drug-likeness (QED) is 0.622. The number of aromatic amines is 1. The van der Waals surface area contributed by atoms with Crippen molar-refractivity contribution >= 4 is 23.0 Å². The minimum Gasteiger partial charge on any atom is -0.494 e. The lowest BCUT2D eigenvalue weighted by molar-refractivity contribution is 0.340. The molecule has 144 valence electrons. The summed E-state index contributed by atoms with van der Waals surface area (Å²) in [5.74, 6) is 0.857. The van der Waals surface area contributed by atoms with Gasteiger partial charge < -0.3 is 19.9 Å². The van der Waals surface area contributed by atoms with Crippen molar-refractivity contribution in [2.24, 2.45) is 0 Å². The van der Waals surface area contributed by atoms with E-state index >= 15 is 0 Å². The van der Waals surface area contributed by atoms with E-state index < -0.39 is 0 Å². The second-order valence-corrected chi connectivity index (χ2v) is 7.34. The van der Waals surface area contributed by atoms with E-state index in [1.807, 2.05) is 43.5 Å². The van der Waals surface area contributed by atoms with E-state index in [9.17, 15) is 0 Å². The van der Waals surface area contributed by atoms with Crippen molar-refractivity contribution in [3.05, 3.63) is 77.4 Å². The van der Waals surface area contributed by atoms with Gasteiger partial charge in [-0.15, -0.1) is 0 Å². The summed E-state index contributed by atoms with van der Waals surface area (Å²) in [6, 6.07) is 16.3. The second kappa shape index (κ2) is 7.64. The Morgan fingerprint density at radius 1 is 1.14 bits per heavy atom. The maximum absolute atomic E-state index is 5.76. The van der Waals surface area contributed by atoms with Crippen LogP contribution in [0.4, 0.5) is 5.69 Å². The molecule has 5 nitrogen and oxygen atoms in total. The number of ether oxygens (including phenoxy) is 1. The third-order valence-corrected chi connectivity index (χ3v) is 5.35. The molecule has 1 aromatic carbocycles. The topological polar surface area (TPSA) is 53.2 Å². The van der Waals surface area contributed by atoms with Crippen molar-refractivity contribution in [1.29, 1.82) is 0 Å². The van der Waals surface area contributed by atoms with E-state index in [2.05, 4.69) is 52.2 Å². The number of hydrogen-bond acceptors (Lipinski definition) is 3. The van der Waals surface area contributed by atoms with Crippen LogP contribution in [-0.2, 0) is 0 Å². The molecular weight excluding hydrogens is 368 g/mol. The average molecular weight is 393 g/mol. The zero-order valence-corrected chi connectivity index (χ0v) is 17.1. The van der Waals surface area contributed by atoms with Crippen molar-refractivity contribution in [3.63, 3.8) is 0 Å². The summed E-state index contributed by atoms with van der Waals surface area (Å²) in [7, 11) is 0. The van der Waals surface area contributed by atoms with Gasteiger partial charge in [0.2, 0.25) is 0 Å². The number of aryl methyl sites for hydroxylation is 2. The molecule has 0 aliphatic carbocycles. The Morgan fingerprint density at radius 2 is 1.93 bits per heavy atom. The van der Waals surface area contributed by atoms with Crippen molar-refractivity contribution in [3.8, 4) is 5.75 Å². The lowest BCUT2D eigenvalue weighted by atomic mass is 9.96. The van der Waals surface area contributed by atoms with E-state index in [-0.39, 0.29) is 12.1 Å². The van der Waals surface area contributed by atoms with E-state index in [4.69, 9.17) is 17.0 Å². The maximum atomic E-state index is 5.76. The zero-order chi connectivity index (χ0) is 19.7. The predicted octanol–water partition coefficient (Wildman–Crippen LogP) is 4.60. The minimum atomic E-state index is -0.0332. The van der Waals surface area contributed by atoms with Gasteiger partial charge in [0.15, 0.2) is 5.11 Å². The number of rotatable bonds is 5. The minimum absolute atomic E-state index is 0.00490. The molecule has 28 heavy (non-hydrogen) atoms. The van der Waals surface area contributed by atoms with Gasteiger partial charge in [0, 0.05) is 23.3 Å². The molecule has 2 N–H and O–H groups in total. The normalized spacial score (nSPS) is 19.0. The SMILES string of the molecule is CCOc1ccc(N2C(=S)N[C@@H](c3ccccn3)[C@@H]2c2cc(C)[nH]c2C)cc1. The van der Waals surface area contributed by atoms with Crippen LogP contribution in [0.5, 0.6) is 5.75 Å². The van der Waals surface area contributed by atoms with Crippen molar-refractivity contribution in [2.75, 3.05) is 11.5 Å². The standard InChI is InChI=1S/C22H24N4OS/c1-4-27-17-10-8-16(9-11-17)26-21(18-13-14(2)24-15(18)3)20(25-22(26)28)19-7-5-6-12-23-19/h5-13,20-21,24H,4H2,1-3H3,(H,25,28)/t20-,21-/m0/s1. The lowest BCUT2D eigenvalue weighted by Gasteiger charge is -2.28. The number of nitrogens with one attached hydrogen (secondary N) is 2. The smallest absolute Gasteiger partial charge is 0.174 e. The van der Waals surface area contributed by atoms with Gasteiger partial charge in [-0.2, -0.15) is 0 Å². The van der Waals surface area contributed by atoms with Gasteiger partial charge in [-0.3, -0.25) is 4.98 Å². The number of nitrogens with zero attached hydrogens (tertiary/aromatic N) is 2. The molecule has 3 aromatic rings. The van der Waals surface area contributed by atoms with Crippen molar-refractivity contribution in [2.45, 2.75) is 32.9 Å². The largest absolute Gasteiger partial charge is 0.494 e. The highest BCUT2D eigenvalue weighted by atomic mass is 32.1.